The van der Waals surface area contributed by atoms with Crippen LogP contribution >= 0.6 is 0 Å². The molecule has 2 N–H and O–H groups in total. The van der Waals surface area contributed by atoms with Crippen LogP contribution in [0.5, 0.6) is 0 Å². The molecule has 1 fully saturated rings. The molecule has 0 saturated carbocycles. The first kappa shape index (κ1) is 15.8. The Hall–Kier alpha value is -2.67. The molecular weight excluding hydrogens is 318 g/mol. The number of aryl methyl sites for hydroxylation is 1. The van der Waals surface area contributed by atoms with Gasteiger partial charge >= 0.3 is 0 Å². The van der Waals surface area contributed by atoms with E-state index < -0.39 is 0 Å². The summed E-state index contributed by atoms with van der Waals surface area (Å²) >= 11 is 0. The predicted octanol–water partition coefficient (Wildman–Crippen LogP) is 2.68. The third-order valence-electron chi connectivity index (χ3n) is 4.56. The summed E-state index contributed by atoms with van der Waals surface area (Å²) in [7, 11) is 0. The van der Waals surface area contributed by atoms with E-state index in [-0.39, 0.29) is 5.91 Å². The van der Waals surface area contributed by atoms with Gasteiger partial charge in [0.25, 0.3) is 0 Å². The topological polar surface area (TPSA) is 87.0 Å². The maximum Gasteiger partial charge on any atom is 0.240 e. The van der Waals surface area contributed by atoms with Crippen molar-refractivity contribution in [1.82, 2.24) is 20.0 Å². The molecular formula is C18H21N5O2. The standard InChI is InChI=1S/C18H21N5O2/c1-12-9-17(25-22-12)21-16(24)11-23-8-4-5-13(10-23)18-19-14-6-2-3-7-15(14)20-18/h2-3,6-7,9,13H,4-5,8,10-11H2,1H3,(H,19,20)(H,21,24)/t13-/m1/s1. The smallest absolute Gasteiger partial charge is 0.240 e. The Morgan fingerprint density at radius 2 is 2.32 bits per heavy atom. The molecule has 0 spiro atoms. The maximum atomic E-state index is 12.2. The zero-order chi connectivity index (χ0) is 17.2. The average Bonchev–Trinajstić information content (AvgIpc) is 3.21. The Balaban J connectivity index is 1.39. The predicted molar refractivity (Wildman–Crippen MR) is 94.4 cm³/mol. The molecule has 7 heteroatoms. The quantitative estimate of drug-likeness (QED) is 0.763. The first-order chi connectivity index (χ1) is 12.2. The lowest BCUT2D eigenvalue weighted by Crippen LogP contribution is -2.40. The van der Waals surface area contributed by atoms with Crippen LogP contribution in [-0.4, -0.2) is 45.6 Å². The fraction of sp³-hybridized carbons (Fsp3) is 0.389. The lowest BCUT2D eigenvalue weighted by atomic mass is 9.97. The minimum atomic E-state index is -0.0820. The van der Waals surface area contributed by atoms with Crippen molar-refractivity contribution in [3.63, 3.8) is 0 Å². The molecule has 0 radical (unpaired) electrons. The fourth-order valence-corrected chi connectivity index (χ4v) is 3.39. The van der Waals surface area contributed by atoms with Crippen LogP contribution < -0.4 is 5.32 Å². The molecule has 1 amide bonds. The summed E-state index contributed by atoms with van der Waals surface area (Å²) in [5, 5.41) is 6.53. The molecule has 25 heavy (non-hydrogen) atoms. The monoisotopic (exact) mass is 339 g/mol. The van der Waals surface area contributed by atoms with Crippen molar-refractivity contribution >= 4 is 22.8 Å². The largest absolute Gasteiger partial charge is 0.342 e. The van der Waals surface area contributed by atoms with E-state index in [1.54, 1.807) is 6.07 Å². The second-order valence-electron chi connectivity index (χ2n) is 6.59. The molecule has 4 rings (SSSR count). The number of rotatable bonds is 4. The SMILES string of the molecule is Cc1cc(NC(=O)CN2CCC[C@@H](c3nc4ccccc4[nH]3)C2)on1. The molecule has 7 nitrogen and oxygen atoms in total. The third kappa shape index (κ3) is 3.56. The Morgan fingerprint density at radius 3 is 3.12 bits per heavy atom. The average molecular weight is 339 g/mol. The van der Waals surface area contributed by atoms with Gasteiger partial charge in [0.2, 0.25) is 11.8 Å². The lowest BCUT2D eigenvalue weighted by Gasteiger charge is -2.31. The van der Waals surface area contributed by atoms with Crippen molar-refractivity contribution in [2.75, 3.05) is 25.0 Å². The van der Waals surface area contributed by atoms with E-state index in [2.05, 4.69) is 20.4 Å². The van der Waals surface area contributed by atoms with Crippen molar-refractivity contribution < 1.29 is 9.32 Å². The lowest BCUT2D eigenvalue weighted by molar-refractivity contribution is -0.117. The number of aromatic amines is 1. The van der Waals surface area contributed by atoms with Crippen molar-refractivity contribution in [3.05, 3.63) is 41.9 Å². The molecule has 1 atom stereocenters. The highest BCUT2D eigenvalue weighted by atomic mass is 16.5. The molecule has 1 aliphatic heterocycles. The summed E-state index contributed by atoms with van der Waals surface area (Å²) in [6.07, 6.45) is 2.13. The summed E-state index contributed by atoms with van der Waals surface area (Å²) in [6, 6.07) is 9.77. The van der Waals surface area contributed by atoms with E-state index in [1.165, 1.54) is 0 Å². The molecule has 1 aliphatic rings. The zero-order valence-electron chi connectivity index (χ0n) is 14.2. The van der Waals surface area contributed by atoms with Gasteiger partial charge in [-0.25, -0.2) is 4.98 Å². The number of imidazole rings is 1. The minimum Gasteiger partial charge on any atom is -0.342 e. The molecule has 130 valence electrons. The Bertz CT molecular complexity index is 851. The van der Waals surface area contributed by atoms with E-state index in [9.17, 15) is 4.79 Å². The van der Waals surface area contributed by atoms with Crippen molar-refractivity contribution in [3.8, 4) is 0 Å². The Labute approximate surface area is 145 Å². The number of carbonyl (C=O) groups excluding carboxylic acids is 1. The number of hydrogen-bond donors (Lipinski definition) is 2. The summed E-state index contributed by atoms with van der Waals surface area (Å²) in [5.74, 6) is 1.65. The molecule has 1 saturated heterocycles. The molecule has 0 bridgehead atoms. The number of fused-ring (bicyclic) bond motifs is 1. The van der Waals surface area contributed by atoms with E-state index >= 15 is 0 Å². The van der Waals surface area contributed by atoms with Crippen LogP contribution in [0, 0.1) is 6.92 Å². The number of hydrogen-bond acceptors (Lipinski definition) is 5. The summed E-state index contributed by atoms with van der Waals surface area (Å²) < 4.78 is 5.03. The van der Waals surface area contributed by atoms with E-state index in [0.29, 0.717) is 18.3 Å². The van der Waals surface area contributed by atoms with Gasteiger partial charge in [0.15, 0.2) is 0 Å². The van der Waals surface area contributed by atoms with Gasteiger partial charge in [-0.15, -0.1) is 0 Å². The third-order valence-corrected chi connectivity index (χ3v) is 4.56. The molecule has 3 heterocycles. The number of para-hydroxylation sites is 2. The minimum absolute atomic E-state index is 0.0820. The van der Waals surface area contributed by atoms with Crippen LogP contribution in [0.15, 0.2) is 34.9 Å². The Kier molecular flexibility index (Phi) is 4.23. The van der Waals surface area contributed by atoms with Crippen LogP contribution in [0.25, 0.3) is 11.0 Å². The number of H-pyrrole nitrogens is 1. The van der Waals surface area contributed by atoms with Gasteiger partial charge in [-0.3, -0.25) is 15.0 Å². The second-order valence-corrected chi connectivity index (χ2v) is 6.59. The molecule has 2 aromatic heterocycles. The second kappa shape index (κ2) is 6.68. The summed E-state index contributed by atoms with van der Waals surface area (Å²) in [4.78, 5) is 22.5. The van der Waals surface area contributed by atoms with Crippen LogP contribution in [0.3, 0.4) is 0 Å². The van der Waals surface area contributed by atoms with Gasteiger partial charge in [-0.2, -0.15) is 0 Å². The molecule has 3 aromatic rings. The normalized spacial score (nSPS) is 18.5. The number of nitrogens with one attached hydrogen (secondary N) is 2. The van der Waals surface area contributed by atoms with Crippen molar-refractivity contribution in [2.24, 2.45) is 0 Å². The molecule has 1 aromatic carbocycles. The van der Waals surface area contributed by atoms with E-state index in [4.69, 9.17) is 9.51 Å². The van der Waals surface area contributed by atoms with Crippen LogP contribution in [0.1, 0.15) is 30.3 Å². The molecule has 0 unspecified atom stereocenters. The highest BCUT2D eigenvalue weighted by Gasteiger charge is 2.25. The molecule has 0 aliphatic carbocycles. The van der Waals surface area contributed by atoms with Gasteiger partial charge in [0.1, 0.15) is 5.82 Å². The van der Waals surface area contributed by atoms with Gasteiger partial charge in [-0.1, -0.05) is 17.3 Å². The highest BCUT2D eigenvalue weighted by molar-refractivity contribution is 5.91. The zero-order valence-corrected chi connectivity index (χ0v) is 14.2. The highest BCUT2D eigenvalue weighted by Crippen LogP contribution is 2.26. The van der Waals surface area contributed by atoms with Gasteiger partial charge in [0.05, 0.1) is 23.3 Å². The number of nitrogens with zero attached hydrogens (tertiary/aromatic N) is 3. The summed E-state index contributed by atoms with van der Waals surface area (Å²) in [6.45, 7) is 3.90. The van der Waals surface area contributed by atoms with Crippen LogP contribution in [0.4, 0.5) is 5.88 Å². The van der Waals surface area contributed by atoms with Gasteiger partial charge in [-0.05, 0) is 38.4 Å². The van der Waals surface area contributed by atoms with Crippen LogP contribution in [-0.2, 0) is 4.79 Å². The first-order valence-electron chi connectivity index (χ1n) is 8.57. The number of carbonyl (C=O) groups is 1. The number of benzene rings is 1. The van der Waals surface area contributed by atoms with E-state index in [1.807, 2.05) is 31.2 Å². The summed E-state index contributed by atoms with van der Waals surface area (Å²) in [5.41, 5.74) is 2.80. The fourth-order valence-electron chi connectivity index (χ4n) is 3.39. The van der Waals surface area contributed by atoms with E-state index in [0.717, 1.165) is 48.5 Å². The van der Waals surface area contributed by atoms with Crippen molar-refractivity contribution in [1.29, 1.82) is 0 Å². The number of anilines is 1. The number of piperidine rings is 1. The Morgan fingerprint density at radius 1 is 1.44 bits per heavy atom. The number of amides is 1. The van der Waals surface area contributed by atoms with Gasteiger partial charge in [0, 0.05) is 18.5 Å². The van der Waals surface area contributed by atoms with Crippen LogP contribution in [0.2, 0.25) is 0 Å². The number of likely N-dealkylation sites (tertiary alicyclic amines) is 1. The maximum absolute atomic E-state index is 12.2. The van der Waals surface area contributed by atoms with Crippen molar-refractivity contribution in [2.45, 2.75) is 25.7 Å². The van der Waals surface area contributed by atoms with Gasteiger partial charge < -0.3 is 9.51 Å². The number of aromatic nitrogens is 3. The first-order valence-corrected chi connectivity index (χ1v) is 8.57.